The third-order valence-electron chi connectivity index (χ3n) is 1.99. The number of halogens is 2. The predicted molar refractivity (Wildman–Crippen MR) is 42.5 cm³/mol. The van der Waals surface area contributed by atoms with Crippen LogP contribution in [0.1, 0.15) is 15.9 Å². The van der Waals surface area contributed by atoms with Gasteiger partial charge in [-0.25, -0.2) is 8.78 Å². The van der Waals surface area contributed by atoms with Gasteiger partial charge in [0.05, 0.1) is 6.42 Å². The minimum atomic E-state index is -1.09. The minimum absolute atomic E-state index is 0.0171. The van der Waals surface area contributed by atoms with Gasteiger partial charge in [0.15, 0.2) is 11.6 Å². The first-order chi connectivity index (χ1) is 6.58. The third-order valence-corrected chi connectivity index (χ3v) is 1.99. The van der Waals surface area contributed by atoms with E-state index in [9.17, 15) is 18.4 Å². The van der Waals surface area contributed by atoms with Crippen LogP contribution in [0.25, 0.3) is 0 Å². The molecule has 0 bridgehead atoms. The fourth-order valence-electron chi connectivity index (χ4n) is 1.36. The van der Waals surface area contributed by atoms with Gasteiger partial charge in [-0.15, -0.1) is 0 Å². The SMILES string of the molecule is O=C1Cc2cc(F)c(F)cc2C(=O)N1. The van der Waals surface area contributed by atoms with E-state index in [1.165, 1.54) is 0 Å². The second-order valence-corrected chi connectivity index (χ2v) is 2.98. The maximum Gasteiger partial charge on any atom is 0.258 e. The second kappa shape index (κ2) is 2.87. The highest BCUT2D eigenvalue weighted by atomic mass is 19.2. The fraction of sp³-hybridized carbons (Fsp3) is 0.111. The van der Waals surface area contributed by atoms with Gasteiger partial charge in [-0.05, 0) is 17.7 Å². The maximum absolute atomic E-state index is 12.7. The molecule has 0 atom stereocenters. The summed E-state index contributed by atoms with van der Waals surface area (Å²) >= 11 is 0. The molecule has 1 aliphatic heterocycles. The van der Waals surface area contributed by atoms with Crippen molar-refractivity contribution in [1.29, 1.82) is 0 Å². The van der Waals surface area contributed by atoms with Crippen molar-refractivity contribution in [3.8, 4) is 0 Å². The summed E-state index contributed by atoms with van der Waals surface area (Å²) in [5.41, 5.74) is 0.237. The van der Waals surface area contributed by atoms with Gasteiger partial charge in [-0.3, -0.25) is 14.9 Å². The molecule has 1 N–H and O–H groups in total. The predicted octanol–water partition coefficient (Wildman–Crippen LogP) is 0.777. The van der Waals surface area contributed by atoms with E-state index in [1.54, 1.807) is 0 Å². The van der Waals surface area contributed by atoms with Crippen LogP contribution >= 0.6 is 0 Å². The molecule has 2 rings (SSSR count). The zero-order chi connectivity index (χ0) is 10.3. The number of benzene rings is 1. The van der Waals surface area contributed by atoms with Crippen LogP contribution in [0.15, 0.2) is 12.1 Å². The van der Waals surface area contributed by atoms with Gasteiger partial charge in [-0.2, -0.15) is 0 Å². The summed E-state index contributed by atoms with van der Waals surface area (Å²) in [7, 11) is 0. The molecule has 1 aromatic carbocycles. The first-order valence-corrected chi connectivity index (χ1v) is 3.90. The van der Waals surface area contributed by atoms with Crippen molar-refractivity contribution in [2.24, 2.45) is 0 Å². The van der Waals surface area contributed by atoms with Crippen LogP contribution in [0.5, 0.6) is 0 Å². The zero-order valence-electron chi connectivity index (χ0n) is 6.93. The van der Waals surface area contributed by atoms with Gasteiger partial charge in [-0.1, -0.05) is 0 Å². The Kier molecular flexibility index (Phi) is 1.80. The Morgan fingerprint density at radius 2 is 1.79 bits per heavy atom. The van der Waals surface area contributed by atoms with Gasteiger partial charge < -0.3 is 0 Å². The number of imide groups is 1. The quantitative estimate of drug-likeness (QED) is 0.624. The number of carbonyl (C=O) groups excluding carboxylic acids is 2. The lowest BCUT2D eigenvalue weighted by atomic mass is 10.00. The Labute approximate surface area is 77.7 Å². The molecule has 0 unspecified atom stereocenters. The summed E-state index contributed by atoms with van der Waals surface area (Å²) in [4.78, 5) is 22.0. The van der Waals surface area contributed by atoms with Crippen molar-refractivity contribution in [2.75, 3.05) is 0 Å². The van der Waals surface area contributed by atoms with Crippen molar-refractivity contribution in [3.63, 3.8) is 0 Å². The van der Waals surface area contributed by atoms with E-state index in [0.717, 1.165) is 12.1 Å². The van der Waals surface area contributed by atoms with Crippen LogP contribution in [-0.4, -0.2) is 11.8 Å². The summed E-state index contributed by atoms with van der Waals surface area (Å²) < 4.78 is 25.5. The van der Waals surface area contributed by atoms with Gasteiger partial charge in [0.2, 0.25) is 5.91 Å². The normalized spacial score (nSPS) is 15.0. The molecule has 72 valence electrons. The van der Waals surface area contributed by atoms with E-state index in [0.29, 0.717) is 0 Å². The van der Waals surface area contributed by atoms with E-state index >= 15 is 0 Å². The molecule has 1 heterocycles. The van der Waals surface area contributed by atoms with E-state index in [-0.39, 0.29) is 17.5 Å². The van der Waals surface area contributed by atoms with Crippen LogP contribution in [0, 0.1) is 11.6 Å². The number of fused-ring (bicyclic) bond motifs is 1. The Balaban J connectivity index is 2.60. The van der Waals surface area contributed by atoms with Gasteiger partial charge >= 0.3 is 0 Å². The molecule has 0 aliphatic carbocycles. The molecule has 0 aromatic heterocycles. The van der Waals surface area contributed by atoms with Crippen molar-refractivity contribution in [2.45, 2.75) is 6.42 Å². The lowest BCUT2D eigenvalue weighted by Crippen LogP contribution is -2.37. The Hall–Kier alpha value is -1.78. The van der Waals surface area contributed by atoms with Crippen LogP contribution in [-0.2, 0) is 11.2 Å². The Morgan fingerprint density at radius 1 is 1.14 bits per heavy atom. The van der Waals surface area contributed by atoms with Crippen molar-refractivity contribution < 1.29 is 18.4 Å². The summed E-state index contributed by atoms with van der Waals surface area (Å²) in [6.45, 7) is 0. The molecular formula is C9H5F2NO2. The number of hydrogen-bond acceptors (Lipinski definition) is 2. The molecule has 0 radical (unpaired) electrons. The molecular weight excluding hydrogens is 192 g/mol. The molecule has 2 amide bonds. The van der Waals surface area contributed by atoms with Crippen molar-refractivity contribution in [1.82, 2.24) is 5.32 Å². The minimum Gasteiger partial charge on any atom is -0.292 e. The van der Waals surface area contributed by atoms with Crippen LogP contribution in [0.2, 0.25) is 0 Å². The number of carbonyl (C=O) groups is 2. The van der Waals surface area contributed by atoms with Gasteiger partial charge in [0.25, 0.3) is 5.91 Å². The molecule has 3 nitrogen and oxygen atoms in total. The number of hydrogen-bond donors (Lipinski definition) is 1. The Morgan fingerprint density at radius 3 is 2.50 bits per heavy atom. The summed E-state index contributed by atoms with van der Waals surface area (Å²) in [6, 6.07) is 1.67. The van der Waals surface area contributed by atoms with Crippen molar-refractivity contribution >= 4 is 11.8 Å². The number of rotatable bonds is 0. The first kappa shape index (κ1) is 8.80. The average molecular weight is 197 g/mol. The van der Waals surface area contributed by atoms with Crippen molar-refractivity contribution in [3.05, 3.63) is 34.9 Å². The molecule has 0 fully saturated rings. The number of amides is 2. The van der Waals surface area contributed by atoms with Gasteiger partial charge in [0.1, 0.15) is 0 Å². The number of nitrogens with one attached hydrogen (secondary N) is 1. The largest absolute Gasteiger partial charge is 0.292 e. The lowest BCUT2D eigenvalue weighted by molar-refractivity contribution is -0.119. The average Bonchev–Trinajstić information content (AvgIpc) is 2.08. The smallest absolute Gasteiger partial charge is 0.258 e. The molecule has 0 saturated heterocycles. The highest BCUT2D eigenvalue weighted by Crippen LogP contribution is 2.18. The first-order valence-electron chi connectivity index (χ1n) is 3.90. The third kappa shape index (κ3) is 1.26. The van der Waals surface area contributed by atoms with Crippen LogP contribution in [0.4, 0.5) is 8.78 Å². The molecule has 1 aromatic rings. The molecule has 1 aliphatic rings. The summed E-state index contributed by atoms with van der Waals surface area (Å²) in [5.74, 6) is -3.33. The monoisotopic (exact) mass is 197 g/mol. The standard InChI is InChI=1S/C9H5F2NO2/c10-6-1-4-2-8(13)12-9(14)5(4)3-7(6)11/h1,3H,2H2,(H,12,13,14). The maximum atomic E-state index is 12.7. The zero-order valence-corrected chi connectivity index (χ0v) is 6.93. The fourth-order valence-corrected chi connectivity index (χ4v) is 1.36. The lowest BCUT2D eigenvalue weighted by Gasteiger charge is -2.14. The molecule has 5 heteroatoms. The second-order valence-electron chi connectivity index (χ2n) is 2.98. The summed E-state index contributed by atoms with van der Waals surface area (Å²) in [5, 5.41) is 2.02. The van der Waals surface area contributed by atoms with E-state index in [1.807, 2.05) is 5.32 Å². The van der Waals surface area contributed by atoms with Crippen LogP contribution in [0.3, 0.4) is 0 Å². The van der Waals surface area contributed by atoms with Gasteiger partial charge in [0, 0.05) is 5.56 Å². The van der Waals surface area contributed by atoms with E-state index in [4.69, 9.17) is 0 Å². The van der Waals surface area contributed by atoms with E-state index < -0.39 is 23.4 Å². The molecule has 0 saturated carbocycles. The highest BCUT2D eigenvalue weighted by Gasteiger charge is 2.24. The molecule has 0 spiro atoms. The topological polar surface area (TPSA) is 46.2 Å². The highest BCUT2D eigenvalue weighted by molar-refractivity contribution is 6.09. The molecule has 14 heavy (non-hydrogen) atoms. The van der Waals surface area contributed by atoms with Crippen LogP contribution < -0.4 is 5.32 Å². The van der Waals surface area contributed by atoms with E-state index in [2.05, 4.69) is 0 Å². The summed E-state index contributed by atoms with van der Waals surface area (Å²) in [6.07, 6.45) is -0.0989. The Bertz CT molecular complexity index is 443.